The number of nitrogens with zero attached hydrogens (tertiary/aromatic N) is 2. The summed E-state index contributed by atoms with van der Waals surface area (Å²) in [6.45, 7) is 0. The summed E-state index contributed by atoms with van der Waals surface area (Å²) in [6, 6.07) is 6.83. The number of nitrogens with one attached hydrogen (secondary N) is 3. The zero-order chi connectivity index (χ0) is 15.2. The minimum atomic E-state index is -0.732. The molecule has 0 bridgehead atoms. The molecule has 0 saturated heterocycles. The van der Waals surface area contributed by atoms with Crippen molar-refractivity contribution in [2.75, 3.05) is 0 Å². The number of hydrogen-bond acceptors (Lipinski definition) is 5. The van der Waals surface area contributed by atoms with Crippen molar-refractivity contribution in [1.29, 1.82) is 0 Å². The monoisotopic (exact) mass is 307 g/mol. The van der Waals surface area contributed by atoms with Crippen molar-refractivity contribution < 1.29 is 4.79 Å². The number of hydrazone groups is 1. The van der Waals surface area contributed by atoms with E-state index in [1.165, 1.54) is 6.21 Å². The van der Waals surface area contributed by atoms with Gasteiger partial charge >= 0.3 is 5.69 Å². The molecule has 0 aliphatic rings. The van der Waals surface area contributed by atoms with Crippen LogP contribution in [0.1, 0.15) is 11.3 Å². The SMILES string of the molecule is O=C(Cc1n[nH]c(=O)[nH]c1=O)N/N=C\c1ccc(Cl)cc1. The summed E-state index contributed by atoms with van der Waals surface area (Å²) in [5, 5.41) is 9.86. The van der Waals surface area contributed by atoms with Crippen molar-refractivity contribution >= 4 is 23.7 Å². The van der Waals surface area contributed by atoms with Crippen molar-refractivity contribution in [2.45, 2.75) is 6.42 Å². The van der Waals surface area contributed by atoms with Gasteiger partial charge in [0, 0.05) is 5.02 Å². The van der Waals surface area contributed by atoms with Gasteiger partial charge in [-0.2, -0.15) is 10.2 Å². The largest absolute Gasteiger partial charge is 0.342 e. The fraction of sp³-hybridized carbons (Fsp3) is 0.0833. The Morgan fingerprint density at radius 3 is 2.71 bits per heavy atom. The van der Waals surface area contributed by atoms with Gasteiger partial charge < -0.3 is 0 Å². The summed E-state index contributed by atoms with van der Waals surface area (Å²) >= 11 is 5.73. The number of rotatable bonds is 4. The molecule has 0 aliphatic heterocycles. The number of aromatic amines is 2. The first-order valence-corrected chi connectivity index (χ1v) is 6.18. The van der Waals surface area contributed by atoms with Crippen molar-refractivity contribution in [3.05, 3.63) is 61.4 Å². The van der Waals surface area contributed by atoms with E-state index in [-0.39, 0.29) is 12.1 Å². The van der Waals surface area contributed by atoms with E-state index in [0.717, 1.165) is 5.56 Å². The molecule has 0 atom stereocenters. The van der Waals surface area contributed by atoms with Crippen LogP contribution in [0.25, 0.3) is 0 Å². The quantitative estimate of drug-likeness (QED) is 0.535. The predicted molar refractivity (Wildman–Crippen MR) is 76.4 cm³/mol. The van der Waals surface area contributed by atoms with Crippen LogP contribution in [0.3, 0.4) is 0 Å². The average Bonchev–Trinajstić information content (AvgIpc) is 2.44. The second-order valence-corrected chi connectivity index (χ2v) is 4.41. The van der Waals surface area contributed by atoms with Gasteiger partial charge in [0.15, 0.2) is 0 Å². The minimum absolute atomic E-state index is 0.103. The van der Waals surface area contributed by atoms with Crippen molar-refractivity contribution in [3.63, 3.8) is 0 Å². The van der Waals surface area contributed by atoms with E-state index in [4.69, 9.17) is 11.6 Å². The van der Waals surface area contributed by atoms with Crippen LogP contribution >= 0.6 is 11.6 Å². The molecule has 3 N–H and O–H groups in total. The van der Waals surface area contributed by atoms with Gasteiger partial charge in [-0.05, 0) is 17.7 Å². The predicted octanol–water partition coefficient (Wildman–Crippen LogP) is -0.196. The van der Waals surface area contributed by atoms with Gasteiger partial charge in [-0.25, -0.2) is 15.3 Å². The van der Waals surface area contributed by atoms with E-state index in [1.54, 1.807) is 24.3 Å². The Morgan fingerprint density at radius 1 is 1.33 bits per heavy atom. The van der Waals surface area contributed by atoms with Gasteiger partial charge in [0.05, 0.1) is 12.6 Å². The van der Waals surface area contributed by atoms with E-state index in [9.17, 15) is 14.4 Å². The smallest absolute Gasteiger partial charge is 0.273 e. The number of hydrogen-bond donors (Lipinski definition) is 3. The number of benzene rings is 1. The Bertz CT molecular complexity index is 778. The highest BCUT2D eigenvalue weighted by atomic mass is 35.5. The van der Waals surface area contributed by atoms with Crippen LogP contribution in [-0.2, 0) is 11.2 Å². The Labute approximate surface area is 122 Å². The summed E-state index contributed by atoms with van der Waals surface area (Å²) in [5.74, 6) is -0.537. The zero-order valence-electron chi connectivity index (χ0n) is 10.6. The van der Waals surface area contributed by atoms with E-state index in [2.05, 4.69) is 15.6 Å². The lowest BCUT2D eigenvalue weighted by Crippen LogP contribution is -2.31. The Morgan fingerprint density at radius 2 is 2.05 bits per heavy atom. The standard InChI is InChI=1S/C12H10ClN5O3/c13-8-3-1-7(2-4-8)6-14-17-10(19)5-9-11(20)15-12(21)18-16-9/h1-4,6H,5H2,(H,17,19)(H2,15,18,20,21)/b14-6-. The molecule has 8 nitrogen and oxygen atoms in total. The van der Waals surface area contributed by atoms with E-state index >= 15 is 0 Å². The molecule has 108 valence electrons. The summed E-state index contributed by atoms with van der Waals surface area (Å²) in [5.41, 5.74) is 1.45. The highest BCUT2D eigenvalue weighted by molar-refractivity contribution is 6.30. The highest BCUT2D eigenvalue weighted by Crippen LogP contribution is 2.07. The number of carbonyl (C=O) groups is 1. The first-order chi connectivity index (χ1) is 10.0. The van der Waals surface area contributed by atoms with Gasteiger partial charge in [-0.15, -0.1) is 0 Å². The lowest BCUT2D eigenvalue weighted by atomic mass is 10.2. The summed E-state index contributed by atoms with van der Waals surface area (Å²) in [7, 11) is 0. The average molecular weight is 308 g/mol. The van der Waals surface area contributed by atoms with Crippen LogP contribution < -0.4 is 16.7 Å². The van der Waals surface area contributed by atoms with Gasteiger partial charge in [-0.3, -0.25) is 14.6 Å². The maximum Gasteiger partial charge on any atom is 0.342 e. The van der Waals surface area contributed by atoms with Gasteiger partial charge in [0.1, 0.15) is 5.69 Å². The normalized spacial score (nSPS) is 10.7. The molecule has 0 unspecified atom stereocenters. The first kappa shape index (κ1) is 14.7. The molecular formula is C12H10ClN5O3. The van der Waals surface area contributed by atoms with Crippen LogP contribution in [-0.4, -0.2) is 27.3 Å². The Balaban J connectivity index is 1.94. The topological polar surface area (TPSA) is 120 Å². The first-order valence-electron chi connectivity index (χ1n) is 5.80. The highest BCUT2D eigenvalue weighted by Gasteiger charge is 2.08. The summed E-state index contributed by atoms with van der Waals surface area (Å²) < 4.78 is 0. The van der Waals surface area contributed by atoms with E-state index in [1.807, 2.05) is 10.1 Å². The molecule has 0 radical (unpaired) electrons. The Kier molecular flexibility index (Phi) is 4.62. The number of amides is 1. The molecule has 1 aromatic carbocycles. The maximum absolute atomic E-state index is 11.6. The van der Waals surface area contributed by atoms with Gasteiger partial charge in [0.2, 0.25) is 5.91 Å². The molecule has 9 heteroatoms. The van der Waals surface area contributed by atoms with E-state index < -0.39 is 17.2 Å². The van der Waals surface area contributed by atoms with Crippen LogP contribution in [0.5, 0.6) is 0 Å². The molecule has 1 amide bonds. The fourth-order valence-electron chi connectivity index (χ4n) is 1.41. The van der Waals surface area contributed by atoms with Crippen molar-refractivity contribution in [3.8, 4) is 0 Å². The van der Waals surface area contributed by atoms with Crippen molar-refractivity contribution in [2.24, 2.45) is 5.10 Å². The van der Waals surface area contributed by atoms with E-state index in [0.29, 0.717) is 5.02 Å². The number of H-pyrrole nitrogens is 2. The Hall–Kier alpha value is -2.74. The molecule has 0 saturated carbocycles. The minimum Gasteiger partial charge on any atom is -0.273 e. The third-order valence-corrected chi connectivity index (χ3v) is 2.63. The van der Waals surface area contributed by atoms with Crippen LogP contribution in [0.2, 0.25) is 5.02 Å². The number of aromatic nitrogens is 3. The summed E-state index contributed by atoms with van der Waals surface area (Å²) in [4.78, 5) is 35.6. The third kappa shape index (κ3) is 4.39. The second-order valence-electron chi connectivity index (χ2n) is 3.98. The summed E-state index contributed by atoms with van der Waals surface area (Å²) in [6.07, 6.45) is 1.13. The van der Waals surface area contributed by atoms with Gasteiger partial charge in [-0.1, -0.05) is 23.7 Å². The molecule has 2 aromatic rings. The number of halogens is 1. The van der Waals surface area contributed by atoms with Crippen molar-refractivity contribution in [1.82, 2.24) is 20.6 Å². The number of carbonyl (C=O) groups excluding carboxylic acids is 1. The fourth-order valence-corrected chi connectivity index (χ4v) is 1.54. The van der Waals surface area contributed by atoms with Crippen LogP contribution in [0.4, 0.5) is 0 Å². The zero-order valence-corrected chi connectivity index (χ0v) is 11.3. The molecule has 21 heavy (non-hydrogen) atoms. The molecule has 1 heterocycles. The molecule has 0 fully saturated rings. The van der Waals surface area contributed by atoms with Crippen LogP contribution in [0, 0.1) is 0 Å². The lowest BCUT2D eigenvalue weighted by molar-refractivity contribution is -0.120. The van der Waals surface area contributed by atoms with Crippen LogP contribution in [0.15, 0.2) is 39.0 Å². The van der Waals surface area contributed by atoms with Gasteiger partial charge in [0.25, 0.3) is 5.56 Å². The molecular weight excluding hydrogens is 298 g/mol. The molecule has 2 rings (SSSR count). The second kappa shape index (κ2) is 6.62. The molecule has 0 spiro atoms. The molecule has 1 aromatic heterocycles. The third-order valence-electron chi connectivity index (χ3n) is 2.38. The maximum atomic E-state index is 11.6. The molecule has 0 aliphatic carbocycles. The lowest BCUT2D eigenvalue weighted by Gasteiger charge is -1.98.